The quantitative estimate of drug-likeness (QED) is 0.0649. The summed E-state index contributed by atoms with van der Waals surface area (Å²) in [5, 5.41) is 15.1. The minimum Gasteiger partial charge on any atom is -0.402 e. The van der Waals surface area contributed by atoms with Crippen molar-refractivity contribution < 1.29 is 36.4 Å². The normalized spacial score (nSPS) is 11.0. The van der Waals surface area contributed by atoms with Gasteiger partial charge in [0.25, 0.3) is 5.69 Å². The molecule has 0 aliphatic rings. The number of nitrogens with zero attached hydrogens (tertiary/aromatic N) is 3. The van der Waals surface area contributed by atoms with E-state index in [2.05, 4.69) is 5.10 Å². The highest BCUT2D eigenvalue weighted by molar-refractivity contribution is 7.99. The highest BCUT2D eigenvalue weighted by atomic mass is 35.5. The maximum absolute atomic E-state index is 14.4. The first-order valence-electron chi connectivity index (χ1n) is 10.0. The molecule has 0 spiro atoms. The van der Waals surface area contributed by atoms with Crippen LogP contribution in [0.4, 0.5) is 27.6 Å². The summed E-state index contributed by atoms with van der Waals surface area (Å²) in [7, 11) is 0. The monoisotopic (exact) mass is 555 g/mol. The molecule has 0 amide bonds. The zero-order valence-corrected chi connectivity index (χ0v) is 19.8. The van der Waals surface area contributed by atoms with Crippen LogP contribution in [0.1, 0.15) is 16.1 Å². The minimum atomic E-state index is -2.33. The van der Waals surface area contributed by atoms with Crippen molar-refractivity contribution in [3.63, 3.8) is 0 Å². The Kier molecular flexibility index (Phi) is 7.18. The lowest BCUT2D eigenvalue weighted by Gasteiger charge is -2.11. The molecule has 0 atom stereocenters. The topological polar surface area (TPSA) is 87.3 Å². The van der Waals surface area contributed by atoms with E-state index in [0.717, 1.165) is 22.9 Å². The molecule has 1 heterocycles. The van der Waals surface area contributed by atoms with E-state index in [1.807, 2.05) is 0 Å². The lowest BCUT2D eigenvalue weighted by Crippen LogP contribution is -2.13. The maximum Gasteiger partial charge on any atom is 0.345 e. The maximum atomic E-state index is 14.4. The highest BCUT2D eigenvalue weighted by Crippen LogP contribution is 2.42. The first-order valence-corrected chi connectivity index (χ1v) is 11.2. The first-order chi connectivity index (χ1) is 17.5. The van der Waals surface area contributed by atoms with Crippen molar-refractivity contribution in [1.82, 2.24) is 9.78 Å². The Balaban J connectivity index is 1.85. The van der Waals surface area contributed by atoms with Crippen LogP contribution < -0.4 is 4.74 Å². The number of rotatable bonds is 6. The van der Waals surface area contributed by atoms with Crippen LogP contribution in [-0.4, -0.2) is 20.7 Å². The second-order valence-corrected chi connectivity index (χ2v) is 8.71. The minimum absolute atomic E-state index is 0.0164. The Labute approximate surface area is 213 Å². The average molecular weight is 556 g/mol. The molecule has 0 bridgehead atoms. The molecule has 4 rings (SSSR count). The van der Waals surface area contributed by atoms with Crippen LogP contribution in [0.15, 0.2) is 58.3 Å². The highest BCUT2D eigenvalue weighted by Gasteiger charge is 2.30. The number of carbonyl (C=O) groups is 1. The fraction of sp³-hybridized carbons (Fsp3) is 0.0435. The number of aryl methyl sites for hydroxylation is 1. The van der Waals surface area contributed by atoms with Crippen molar-refractivity contribution in [2.24, 2.45) is 0 Å². The molecule has 0 aliphatic carbocycles. The van der Waals surface area contributed by atoms with Gasteiger partial charge in [-0.2, -0.15) is 9.78 Å². The van der Waals surface area contributed by atoms with Gasteiger partial charge in [-0.1, -0.05) is 41.6 Å². The molecule has 37 heavy (non-hydrogen) atoms. The van der Waals surface area contributed by atoms with Gasteiger partial charge in [0.2, 0.25) is 11.7 Å². The van der Waals surface area contributed by atoms with Gasteiger partial charge in [0.05, 0.1) is 31.7 Å². The number of hydrogen-bond acceptors (Lipinski definition) is 6. The largest absolute Gasteiger partial charge is 0.402 e. The van der Waals surface area contributed by atoms with Crippen molar-refractivity contribution in [3.8, 4) is 11.6 Å². The molecule has 3 aromatic carbocycles. The van der Waals surface area contributed by atoms with Crippen LogP contribution in [0.5, 0.6) is 5.88 Å². The predicted molar refractivity (Wildman–Crippen MR) is 122 cm³/mol. The van der Waals surface area contributed by atoms with Gasteiger partial charge in [-0.25, -0.2) is 26.7 Å². The summed E-state index contributed by atoms with van der Waals surface area (Å²) in [6, 6.07) is 11.1. The summed E-state index contributed by atoms with van der Waals surface area (Å²) < 4.78 is 76.4. The Morgan fingerprint density at radius 3 is 2.16 bits per heavy atom. The Bertz CT molecular complexity index is 1540. The number of hydrogen-bond donors (Lipinski definition) is 0. The third-order valence-corrected chi connectivity index (χ3v) is 6.46. The smallest absolute Gasteiger partial charge is 0.345 e. The van der Waals surface area contributed by atoms with E-state index in [-0.39, 0.29) is 32.9 Å². The van der Waals surface area contributed by atoms with E-state index < -0.39 is 56.4 Å². The molecule has 4 aromatic rings. The van der Waals surface area contributed by atoms with Crippen LogP contribution in [-0.2, 0) is 0 Å². The number of aromatic nitrogens is 2. The standard InChI is InChI=1S/C23H11ClF5N3O4S/c1-10-20(37-21-18(28)16(26)15(25)17(27)19(21)29)22(31(30-10)12-5-3-2-4-6-12)36-23(33)11-7-8-13(24)14(9-11)32(34)35/h2-9H,1H3. The SMILES string of the molecule is Cc1nn(-c2ccccc2)c(OC(=O)c2ccc(Cl)c([N+](=O)[O-])c2)c1Sc1c(F)c(F)c(F)c(F)c1F. The zero-order chi connectivity index (χ0) is 27.0. The summed E-state index contributed by atoms with van der Waals surface area (Å²) in [6.45, 7) is 1.36. The van der Waals surface area contributed by atoms with Crippen molar-refractivity contribution in [2.45, 2.75) is 16.7 Å². The van der Waals surface area contributed by atoms with Gasteiger partial charge in [0.15, 0.2) is 23.3 Å². The van der Waals surface area contributed by atoms with Gasteiger partial charge < -0.3 is 4.74 Å². The van der Waals surface area contributed by atoms with Gasteiger partial charge in [0.1, 0.15) is 5.02 Å². The number of nitro benzene ring substituents is 1. The van der Waals surface area contributed by atoms with Crippen LogP contribution >= 0.6 is 23.4 Å². The van der Waals surface area contributed by atoms with Gasteiger partial charge in [0, 0.05) is 6.07 Å². The van der Waals surface area contributed by atoms with Crippen molar-refractivity contribution in [3.05, 3.63) is 104 Å². The fourth-order valence-corrected chi connectivity index (χ4v) is 4.30. The molecule has 0 saturated heterocycles. The molecular formula is C23H11ClF5N3O4S. The third kappa shape index (κ3) is 4.87. The lowest BCUT2D eigenvalue weighted by atomic mass is 10.2. The Morgan fingerprint density at radius 2 is 1.57 bits per heavy atom. The summed E-state index contributed by atoms with van der Waals surface area (Å²) in [5.41, 5.74) is -0.552. The molecule has 7 nitrogen and oxygen atoms in total. The molecule has 190 valence electrons. The first kappa shape index (κ1) is 26.1. The van der Waals surface area contributed by atoms with E-state index in [4.69, 9.17) is 16.3 Å². The molecule has 0 aliphatic heterocycles. The summed E-state index contributed by atoms with van der Waals surface area (Å²) in [6.07, 6.45) is 0. The van der Waals surface area contributed by atoms with Crippen molar-refractivity contribution in [1.29, 1.82) is 0 Å². The molecule has 0 unspecified atom stereocenters. The number of halogens is 6. The molecule has 1 aromatic heterocycles. The van der Waals surface area contributed by atoms with Gasteiger partial charge in [-0.3, -0.25) is 10.1 Å². The number of para-hydroxylation sites is 1. The number of ether oxygens (including phenoxy) is 1. The molecule has 0 N–H and O–H groups in total. The summed E-state index contributed by atoms with van der Waals surface area (Å²) in [5.74, 6) is -12.4. The second-order valence-electron chi connectivity index (χ2n) is 7.28. The van der Waals surface area contributed by atoms with Gasteiger partial charge in [-0.05, 0) is 31.2 Å². The summed E-state index contributed by atoms with van der Waals surface area (Å²) >= 11 is 5.88. The number of esters is 1. The second kappa shape index (κ2) is 10.2. The fourth-order valence-electron chi connectivity index (χ4n) is 3.15. The predicted octanol–water partition coefficient (Wildman–Crippen LogP) is 6.81. The Morgan fingerprint density at radius 1 is 0.973 bits per heavy atom. The van der Waals surface area contributed by atoms with E-state index in [9.17, 15) is 36.9 Å². The van der Waals surface area contributed by atoms with Crippen LogP contribution in [0.3, 0.4) is 0 Å². The van der Waals surface area contributed by atoms with Crippen LogP contribution in [0, 0.1) is 46.1 Å². The summed E-state index contributed by atoms with van der Waals surface area (Å²) in [4.78, 5) is 21.8. The van der Waals surface area contributed by atoms with Crippen molar-refractivity contribution >= 4 is 35.0 Å². The Hall–Kier alpha value is -3.97. The third-order valence-electron chi connectivity index (χ3n) is 4.91. The zero-order valence-electron chi connectivity index (χ0n) is 18.3. The molecular weight excluding hydrogens is 545 g/mol. The average Bonchev–Trinajstić information content (AvgIpc) is 3.19. The lowest BCUT2D eigenvalue weighted by molar-refractivity contribution is -0.384. The number of nitro groups is 1. The van der Waals surface area contributed by atoms with Crippen LogP contribution in [0.25, 0.3) is 5.69 Å². The molecule has 0 fully saturated rings. The van der Waals surface area contributed by atoms with E-state index >= 15 is 0 Å². The van der Waals surface area contributed by atoms with E-state index in [1.165, 1.54) is 6.92 Å². The van der Waals surface area contributed by atoms with Gasteiger partial charge >= 0.3 is 5.97 Å². The van der Waals surface area contributed by atoms with Crippen LogP contribution in [0.2, 0.25) is 5.02 Å². The van der Waals surface area contributed by atoms with E-state index in [1.54, 1.807) is 30.3 Å². The van der Waals surface area contributed by atoms with Gasteiger partial charge in [-0.15, -0.1) is 0 Å². The van der Waals surface area contributed by atoms with E-state index in [0.29, 0.717) is 5.69 Å². The molecule has 0 saturated carbocycles. The van der Waals surface area contributed by atoms with Crippen molar-refractivity contribution in [2.75, 3.05) is 0 Å². The number of carbonyl (C=O) groups excluding carboxylic acids is 1. The molecule has 14 heteroatoms. The molecule has 0 radical (unpaired) electrons. The number of benzene rings is 3.